The molecule has 1 fully saturated rings. The molecule has 120 valence electrons. The fraction of sp³-hybridized carbons (Fsp3) is 0.412. The molecule has 3 aliphatic carbocycles. The lowest BCUT2D eigenvalue weighted by Gasteiger charge is -2.29. The Bertz CT molecular complexity index is 783. The lowest BCUT2D eigenvalue weighted by atomic mass is 9.74. The van der Waals surface area contributed by atoms with Crippen molar-refractivity contribution in [3.63, 3.8) is 0 Å². The van der Waals surface area contributed by atoms with Gasteiger partial charge in [-0.15, -0.1) is 0 Å². The van der Waals surface area contributed by atoms with Crippen LogP contribution in [-0.2, 0) is 16.0 Å². The van der Waals surface area contributed by atoms with Crippen molar-refractivity contribution >= 4 is 40.5 Å². The first-order chi connectivity index (χ1) is 10.9. The maximum absolute atomic E-state index is 12.2. The van der Waals surface area contributed by atoms with Gasteiger partial charge in [0.2, 0.25) is 0 Å². The monoisotopic (exact) mass is 352 g/mol. The van der Waals surface area contributed by atoms with Crippen LogP contribution >= 0.6 is 23.2 Å². The van der Waals surface area contributed by atoms with Crippen LogP contribution in [0.5, 0.6) is 5.75 Å². The maximum atomic E-state index is 12.2. The Kier molecular flexibility index (Phi) is 3.26. The van der Waals surface area contributed by atoms with Crippen LogP contribution in [0.4, 0.5) is 0 Å². The van der Waals surface area contributed by atoms with Crippen molar-refractivity contribution < 1.29 is 19.4 Å². The number of carboxylic acid groups (broad SMARTS) is 1. The molecule has 0 aromatic heterocycles. The molecule has 0 amide bonds. The molecule has 0 aliphatic heterocycles. The average molecular weight is 353 g/mol. The van der Waals surface area contributed by atoms with Gasteiger partial charge >= 0.3 is 5.97 Å². The normalized spacial score (nSPS) is 27.5. The predicted molar refractivity (Wildman–Crippen MR) is 86.1 cm³/mol. The molecular formula is C17H14Cl2O4. The fourth-order valence-electron chi connectivity index (χ4n) is 4.31. The van der Waals surface area contributed by atoms with Gasteiger partial charge in [0.1, 0.15) is 10.8 Å². The van der Waals surface area contributed by atoms with Gasteiger partial charge in [0.05, 0.1) is 5.02 Å². The van der Waals surface area contributed by atoms with Crippen molar-refractivity contribution in [2.45, 2.75) is 25.7 Å². The van der Waals surface area contributed by atoms with Crippen LogP contribution in [0.2, 0.25) is 10.0 Å². The Morgan fingerprint density at radius 1 is 1.39 bits per heavy atom. The van der Waals surface area contributed by atoms with E-state index < -0.39 is 12.6 Å². The number of hydrogen-bond acceptors (Lipinski definition) is 3. The molecule has 2 bridgehead atoms. The molecule has 23 heavy (non-hydrogen) atoms. The van der Waals surface area contributed by atoms with E-state index in [9.17, 15) is 9.59 Å². The molecule has 1 saturated carbocycles. The third-order valence-electron chi connectivity index (χ3n) is 5.27. The van der Waals surface area contributed by atoms with Crippen molar-refractivity contribution in [1.82, 2.24) is 0 Å². The van der Waals surface area contributed by atoms with Gasteiger partial charge in [0.15, 0.2) is 12.4 Å². The first-order valence-electron chi connectivity index (χ1n) is 7.53. The number of halogens is 2. The molecule has 4 nitrogen and oxygen atoms in total. The van der Waals surface area contributed by atoms with Crippen LogP contribution in [0, 0.1) is 11.3 Å². The van der Waals surface area contributed by atoms with Gasteiger partial charge in [-0.1, -0.05) is 23.2 Å². The average Bonchev–Trinajstić information content (AvgIpc) is 3.02. The lowest BCUT2D eigenvalue weighted by molar-refractivity contribution is -0.139. The summed E-state index contributed by atoms with van der Waals surface area (Å²) in [5, 5.41) is 9.32. The SMILES string of the molecule is O=C(O)COc1cc2c(c(Cl)c1Cl)C1=CC(=O)C3CCC1(C2)C3. The van der Waals surface area contributed by atoms with Crippen molar-refractivity contribution in [3.8, 4) is 5.75 Å². The molecular weight excluding hydrogens is 339 g/mol. The van der Waals surface area contributed by atoms with E-state index in [1.165, 1.54) is 0 Å². The molecule has 0 heterocycles. The van der Waals surface area contributed by atoms with Crippen molar-refractivity contribution in [1.29, 1.82) is 0 Å². The van der Waals surface area contributed by atoms with Gasteiger partial charge in [-0.3, -0.25) is 4.79 Å². The number of hydrogen-bond donors (Lipinski definition) is 1. The second-order valence-electron chi connectivity index (χ2n) is 6.58. The number of carbonyl (C=O) groups excluding carboxylic acids is 1. The summed E-state index contributed by atoms with van der Waals surface area (Å²) in [5.74, 6) is -0.476. The minimum atomic E-state index is -1.07. The van der Waals surface area contributed by atoms with E-state index in [4.69, 9.17) is 33.0 Å². The number of allylic oxidation sites excluding steroid dienone is 2. The van der Waals surface area contributed by atoms with Gasteiger partial charge < -0.3 is 9.84 Å². The molecule has 4 rings (SSSR count). The molecule has 1 aromatic carbocycles. The van der Waals surface area contributed by atoms with E-state index in [-0.39, 0.29) is 27.9 Å². The number of rotatable bonds is 3. The molecule has 0 radical (unpaired) electrons. The Balaban J connectivity index is 1.82. The number of ketones is 1. The number of carboxylic acids is 1. The van der Waals surface area contributed by atoms with E-state index in [1.807, 2.05) is 0 Å². The largest absolute Gasteiger partial charge is 0.480 e. The predicted octanol–water partition coefficient (Wildman–Crippen LogP) is 3.77. The Hall–Kier alpha value is -1.52. The molecule has 1 aromatic rings. The number of aliphatic carboxylic acids is 1. The molecule has 6 heteroatoms. The van der Waals surface area contributed by atoms with Crippen LogP contribution in [0.3, 0.4) is 0 Å². The number of carbonyl (C=O) groups is 2. The van der Waals surface area contributed by atoms with Gasteiger partial charge in [-0.05, 0) is 49.0 Å². The van der Waals surface area contributed by atoms with E-state index >= 15 is 0 Å². The second kappa shape index (κ2) is 4.99. The molecule has 3 aliphatic rings. The smallest absolute Gasteiger partial charge is 0.341 e. The zero-order valence-corrected chi connectivity index (χ0v) is 13.7. The number of ether oxygens (including phenoxy) is 1. The first kappa shape index (κ1) is 15.0. The topological polar surface area (TPSA) is 63.6 Å². The Morgan fingerprint density at radius 2 is 2.17 bits per heavy atom. The highest BCUT2D eigenvalue weighted by Crippen LogP contribution is 2.62. The number of benzene rings is 1. The third kappa shape index (κ3) is 2.12. The van der Waals surface area contributed by atoms with E-state index in [0.29, 0.717) is 5.02 Å². The number of fused-ring (bicyclic) bond motifs is 3. The van der Waals surface area contributed by atoms with Crippen LogP contribution in [0.1, 0.15) is 30.4 Å². The summed E-state index contributed by atoms with van der Waals surface area (Å²) < 4.78 is 5.25. The summed E-state index contributed by atoms with van der Waals surface area (Å²) in [5.41, 5.74) is 2.82. The summed E-state index contributed by atoms with van der Waals surface area (Å²) in [4.78, 5) is 22.9. The summed E-state index contributed by atoms with van der Waals surface area (Å²) in [7, 11) is 0. The first-order valence-corrected chi connectivity index (χ1v) is 8.29. The summed E-state index contributed by atoms with van der Waals surface area (Å²) in [6.07, 6.45) is 5.31. The van der Waals surface area contributed by atoms with Crippen LogP contribution in [0.25, 0.3) is 5.57 Å². The van der Waals surface area contributed by atoms with Crippen LogP contribution < -0.4 is 4.74 Å². The second-order valence-corrected chi connectivity index (χ2v) is 7.33. The maximum Gasteiger partial charge on any atom is 0.341 e. The lowest BCUT2D eigenvalue weighted by Crippen LogP contribution is -2.23. The standard InChI is InChI=1S/C17H14Cl2O4/c18-15-12(23-7-13(21)22)3-9-6-17-2-1-8(5-17)11(20)4-10(17)14(9)16(15)19/h3-4,8H,1-2,5-7H2,(H,21,22). The van der Waals surface area contributed by atoms with Gasteiger partial charge in [0, 0.05) is 16.9 Å². The molecule has 0 saturated heterocycles. The zero-order valence-electron chi connectivity index (χ0n) is 12.2. The van der Waals surface area contributed by atoms with E-state index in [0.717, 1.165) is 42.4 Å². The van der Waals surface area contributed by atoms with Crippen molar-refractivity contribution in [3.05, 3.63) is 33.3 Å². The van der Waals surface area contributed by atoms with Crippen molar-refractivity contribution in [2.75, 3.05) is 6.61 Å². The Morgan fingerprint density at radius 3 is 2.91 bits per heavy atom. The van der Waals surface area contributed by atoms with Gasteiger partial charge in [-0.2, -0.15) is 0 Å². The summed E-state index contributed by atoms with van der Waals surface area (Å²) >= 11 is 12.7. The minimum absolute atomic E-state index is 0.0146. The fourth-order valence-corrected chi connectivity index (χ4v) is 4.83. The van der Waals surface area contributed by atoms with Crippen LogP contribution in [0.15, 0.2) is 12.1 Å². The van der Waals surface area contributed by atoms with Gasteiger partial charge in [0.25, 0.3) is 0 Å². The minimum Gasteiger partial charge on any atom is -0.480 e. The highest BCUT2D eigenvalue weighted by Gasteiger charge is 2.52. The third-order valence-corrected chi connectivity index (χ3v) is 6.12. The van der Waals surface area contributed by atoms with E-state index in [2.05, 4.69) is 0 Å². The van der Waals surface area contributed by atoms with Crippen LogP contribution in [-0.4, -0.2) is 23.5 Å². The summed E-state index contributed by atoms with van der Waals surface area (Å²) in [6, 6.07) is 1.78. The molecule has 2 atom stereocenters. The quantitative estimate of drug-likeness (QED) is 0.899. The highest BCUT2D eigenvalue weighted by molar-refractivity contribution is 6.44. The van der Waals surface area contributed by atoms with E-state index in [1.54, 1.807) is 12.1 Å². The van der Waals surface area contributed by atoms with Crippen molar-refractivity contribution in [2.24, 2.45) is 11.3 Å². The highest BCUT2D eigenvalue weighted by atomic mass is 35.5. The Labute approximate surface area is 143 Å². The molecule has 1 spiro atoms. The zero-order chi connectivity index (χ0) is 16.4. The summed E-state index contributed by atoms with van der Waals surface area (Å²) in [6.45, 7) is -0.469. The van der Waals surface area contributed by atoms with Gasteiger partial charge in [-0.25, -0.2) is 4.79 Å². The molecule has 2 unspecified atom stereocenters. The molecule has 1 N–H and O–H groups in total.